The van der Waals surface area contributed by atoms with Crippen molar-refractivity contribution in [2.45, 2.75) is 39.1 Å². The molecule has 1 N–H and O–H groups in total. The second kappa shape index (κ2) is 9.53. The number of rotatable bonds is 8. The van der Waals surface area contributed by atoms with E-state index in [9.17, 15) is 4.79 Å². The quantitative estimate of drug-likeness (QED) is 0.371. The Labute approximate surface area is 177 Å². The predicted molar refractivity (Wildman–Crippen MR) is 123 cm³/mol. The monoisotopic (exact) mass is 427 g/mol. The van der Waals surface area contributed by atoms with E-state index < -0.39 is 12.5 Å². The van der Waals surface area contributed by atoms with E-state index in [4.69, 9.17) is 21.1 Å². The molecule has 0 spiro atoms. The Morgan fingerprint density at radius 1 is 0.966 bits per heavy atom. The molecule has 4 nitrogen and oxygen atoms in total. The fourth-order valence-corrected chi connectivity index (χ4v) is 5.25. The van der Waals surface area contributed by atoms with Gasteiger partial charge in [-0.15, -0.1) is 0 Å². The van der Waals surface area contributed by atoms with Gasteiger partial charge < -0.3 is 9.26 Å². The van der Waals surface area contributed by atoms with Crippen LogP contribution >= 0.6 is 6.42 Å². The molecule has 2 atom stereocenters. The van der Waals surface area contributed by atoms with Crippen molar-refractivity contribution in [3.8, 4) is 5.75 Å². The Morgan fingerprint density at radius 2 is 1.62 bits per heavy atom. The van der Waals surface area contributed by atoms with Gasteiger partial charge in [0.1, 0.15) is 18.4 Å². The molecule has 0 aliphatic rings. The summed E-state index contributed by atoms with van der Waals surface area (Å²) in [6.45, 7) is 6.03. The first-order valence-electron chi connectivity index (χ1n) is 9.64. The van der Waals surface area contributed by atoms with Gasteiger partial charge in [0, 0.05) is 11.0 Å². The van der Waals surface area contributed by atoms with Crippen LogP contribution in [0, 0.1) is 0 Å². The minimum Gasteiger partial charge on any atom is -0.460 e. The van der Waals surface area contributed by atoms with E-state index in [0.717, 1.165) is 22.1 Å². The van der Waals surface area contributed by atoms with Gasteiger partial charge in [-0.2, -0.15) is 0 Å². The van der Waals surface area contributed by atoms with Gasteiger partial charge in [0.2, 0.25) is 0 Å². The van der Waals surface area contributed by atoms with Crippen LogP contribution in [0.15, 0.2) is 72.8 Å². The summed E-state index contributed by atoms with van der Waals surface area (Å²) in [6, 6.07) is 23.0. The van der Waals surface area contributed by atoms with Crippen LogP contribution in [-0.4, -0.2) is 17.7 Å². The van der Waals surface area contributed by atoms with Crippen LogP contribution < -0.4 is 9.61 Å². The molecule has 0 saturated carbocycles. The summed E-state index contributed by atoms with van der Waals surface area (Å²) in [4.78, 5) is 12.5. The van der Waals surface area contributed by atoms with E-state index in [1.807, 2.05) is 86.6 Å². The number of carbonyl (C=O) groups excluding carboxylic acids is 1. The highest BCUT2D eigenvalue weighted by atomic mass is 32.4. The average molecular weight is 428 g/mol. The maximum Gasteiger partial charge on any atom is 0.323 e. The molecule has 3 aromatic rings. The lowest BCUT2D eigenvalue weighted by Gasteiger charge is -2.30. The Kier molecular flexibility index (Phi) is 7.07. The lowest BCUT2D eigenvalue weighted by atomic mass is 10.1. The Morgan fingerprint density at radius 3 is 2.34 bits per heavy atom. The highest BCUT2D eigenvalue weighted by molar-refractivity contribution is 8.11. The normalized spacial score (nSPS) is 14.3. The molecule has 0 saturated heterocycles. The highest BCUT2D eigenvalue weighted by Crippen LogP contribution is 2.50. The van der Waals surface area contributed by atoms with Crippen LogP contribution in [0.4, 0.5) is 0 Å². The zero-order valence-electron chi connectivity index (χ0n) is 16.9. The predicted octanol–water partition coefficient (Wildman–Crippen LogP) is 5.66. The number of hydrogen-bond donors (Lipinski definition) is 1. The topological polar surface area (TPSA) is 47.6 Å². The molecule has 0 aromatic heterocycles. The lowest BCUT2D eigenvalue weighted by Crippen LogP contribution is -2.36. The van der Waals surface area contributed by atoms with E-state index in [-0.39, 0.29) is 18.2 Å². The van der Waals surface area contributed by atoms with Gasteiger partial charge in [0.15, 0.2) is 6.42 Å². The smallest absolute Gasteiger partial charge is 0.323 e. The van der Waals surface area contributed by atoms with Gasteiger partial charge in [-0.25, -0.2) is 5.09 Å². The summed E-state index contributed by atoms with van der Waals surface area (Å²) in [5, 5.41) is 5.37. The van der Waals surface area contributed by atoms with Crippen LogP contribution in [0.25, 0.3) is 10.8 Å². The van der Waals surface area contributed by atoms with E-state index in [0.29, 0.717) is 0 Å². The SMILES string of the molecule is CC(C)P(=S)(N[C@H](C)C(=O)OCc1ccccc1)Oc1cccc2ccccc12. The minimum atomic E-state index is -2.54. The third-order valence-electron chi connectivity index (χ3n) is 4.61. The summed E-state index contributed by atoms with van der Waals surface area (Å²) in [5.74, 6) is 0.391. The van der Waals surface area contributed by atoms with Crippen molar-refractivity contribution >= 4 is 35.0 Å². The van der Waals surface area contributed by atoms with E-state index >= 15 is 0 Å². The average Bonchev–Trinajstić information content (AvgIpc) is 2.73. The number of ether oxygens (including phenoxy) is 1. The summed E-state index contributed by atoms with van der Waals surface area (Å²) in [7, 11) is 0. The second-order valence-electron chi connectivity index (χ2n) is 7.20. The number of carbonyl (C=O) groups is 1. The van der Waals surface area contributed by atoms with Gasteiger partial charge in [0.05, 0.1) is 0 Å². The summed E-state index contributed by atoms with van der Waals surface area (Å²) >= 11 is 5.91. The number of benzene rings is 3. The first-order valence-corrected chi connectivity index (χ1v) is 12.4. The van der Waals surface area contributed by atoms with Crippen LogP contribution in [0.2, 0.25) is 0 Å². The number of esters is 1. The van der Waals surface area contributed by atoms with Crippen LogP contribution in [0.5, 0.6) is 5.75 Å². The van der Waals surface area contributed by atoms with Crippen molar-refractivity contribution in [2.24, 2.45) is 0 Å². The fraction of sp³-hybridized carbons (Fsp3) is 0.261. The molecule has 0 amide bonds. The molecule has 3 aromatic carbocycles. The van der Waals surface area contributed by atoms with Crippen LogP contribution in [-0.2, 0) is 27.9 Å². The number of nitrogens with one attached hydrogen (secondary N) is 1. The molecular formula is C23H26NO3PS. The first kappa shape index (κ1) is 21.5. The number of fused-ring (bicyclic) bond motifs is 1. The van der Waals surface area contributed by atoms with Crippen molar-refractivity contribution < 1.29 is 14.1 Å². The molecule has 29 heavy (non-hydrogen) atoms. The Balaban J connectivity index is 1.72. The lowest BCUT2D eigenvalue weighted by molar-refractivity contribution is -0.146. The maximum absolute atomic E-state index is 12.5. The van der Waals surface area contributed by atoms with Gasteiger partial charge >= 0.3 is 5.97 Å². The zero-order chi connectivity index (χ0) is 20.9. The van der Waals surface area contributed by atoms with E-state index in [1.54, 1.807) is 6.92 Å². The number of hydrogen-bond acceptors (Lipinski definition) is 4. The molecule has 3 rings (SSSR count). The largest absolute Gasteiger partial charge is 0.460 e. The van der Waals surface area contributed by atoms with Crippen molar-refractivity contribution in [1.82, 2.24) is 5.09 Å². The molecule has 6 heteroatoms. The van der Waals surface area contributed by atoms with Gasteiger partial charge in [-0.05, 0) is 35.7 Å². The maximum atomic E-state index is 12.5. The van der Waals surface area contributed by atoms with E-state index in [1.165, 1.54) is 0 Å². The van der Waals surface area contributed by atoms with Crippen LogP contribution in [0.3, 0.4) is 0 Å². The van der Waals surface area contributed by atoms with Gasteiger partial charge in [-0.3, -0.25) is 4.79 Å². The molecule has 0 aliphatic heterocycles. The fourth-order valence-electron chi connectivity index (χ4n) is 2.88. The molecule has 1 unspecified atom stereocenters. The Bertz CT molecular complexity index is 1020. The van der Waals surface area contributed by atoms with Crippen LogP contribution in [0.1, 0.15) is 26.3 Å². The third-order valence-corrected chi connectivity index (χ3v) is 8.99. The molecule has 0 radical (unpaired) electrons. The molecule has 0 bridgehead atoms. The molecule has 0 fully saturated rings. The molecular weight excluding hydrogens is 401 g/mol. The third kappa shape index (κ3) is 5.45. The zero-order valence-corrected chi connectivity index (χ0v) is 18.6. The van der Waals surface area contributed by atoms with Gasteiger partial charge in [-0.1, -0.05) is 80.6 Å². The summed E-state index contributed by atoms with van der Waals surface area (Å²) in [5.41, 5.74) is 0.990. The van der Waals surface area contributed by atoms with Gasteiger partial charge in [0.25, 0.3) is 0 Å². The van der Waals surface area contributed by atoms with E-state index in [2.05, 4.69) is 5.09 Å². The first-order chi connectivity index (χ1) is 13.9. The van der Waals surface area contributed by atoms with Crippen molar-refractivity contribution in [1.29, 1.82) is 0 Å². The summed E-state index contributed by atoms with van der Waals surface area (Å²) in [6.07, 6.45) is -2.54. The van der Waals surface area contributed by atoms with Crippen molar-refractivity contribution in [3.63, 3.8) is 0 Å². The highest BCUT2D eigenvalue weighted by Gasteiger charge is 2.30. The molecule has 0 aliphatic carbocycles. The van der Waals surface area contributed by atoms with Crippen molar-refractivity contribution in [3.05, 3.63) is 78.4 Å². The van der Waals surface area contributed by atoms with Crippen molar-refractivity contribution in [2.75, 3.05) is 0 Å². The molecule has 0 heterocycles. The standard InChI is InChI=1S/C23H26NO3PS/c1-17(2)28(29,27-22-15-9-13-20-12-7-8-14-21(20)22)24-18(3)23(25)26-16-19-10-5-4-6-11-19/h4-15,17-18H,16H2,1-3H3,(H,24,29)/t18-,28?/m1/s1. The minimum absolute atomic E-state index is 0.0424. The Hall–Kier alpha value is -2.20. The second-order valence-corrected chi connectivity index (χ2v) is 11.5. The molecule has 152 valence electrons. The summed E-state index contributed by atoms with van der Waals surface area (Å²) < 4.78 is 11.8.